The number of hydrogen-bond donors (Lipinski definition) is 1. The number of hydrogen-bond acceptors (Lipinski definition) is 2. The highest BCUT2D eigenvalue weighted by Crippen LogP contribution is 2.18. The fourth-order valence-electron chi connectivity index (χ4n) is 2.35. The molecule has 0 fully saturated rings. The van der Waals surface area contributed by atoms with Crippen molar-refractivity contribution in [2.45, 2.75) is 13.5 Å². The zero-order valence-corrected chi connectivity index (χ0v) is 11.5. The second kappa shape index (κ2) is 4.96. The molecule has 3 aromatic rings. The monoisotopic (exact) mass is 269 g/mol. The van der Waals surface area contributed by atoms with Gasteiger partial charge in [-0.1, -0.05) is 12.1 Å². The first-order chi connectivity index (χ1) is 9.65. The van der Waals surface area contributed by atoms with Gasteiger partial charge >= 0.3 is 0 Å². The lowest BCUT2D eigenvalue weighted by molar-refractivity contribution is 0.627. The SMILES string of the molecule is Cc1cc(F)ccc1NCc1nc2ccccc2n1C. The molecule has 2 aromatic carbocycles. The Morgan fingerprint density at radius 1 is 1.20 bits per heavy atom. The van der Waals surface area contributed by atoms with Gasteiger partial charge in [0.2, 0.25) is 0 Å². The Balaban J connectivity index is 1.85. The van der Waals surface area contributed by atoms with E-state index in [1.165, 1.54) is 12.1 Å². The van der Waals surface area contributed by atoms with Crippen molar-refractivity contribution in [3.8, 4) is 0 Å². The average Bonchev–Trinajstić information content (AvgIpc) is 2.75. The molecular weight excluding hydrogens is 253 g/mol. The van der Waals surface area contributed by atoms with E-state index in [9.17, 15) is 4.39 Å². The summed E-state index contributed by atoms with van der Waals surface area (Å²) in [6, 6.07) is 12.8. The molecule has 3 nitrogen and oxygen atoms in total. The van der Waals surface area contributed by atoms with E-state index >= 15 is 0 Å². The van der Waals surface area contributed by atoms with Gasteiger partial charge in [0, 0.05) is 12.7 Å². The third-order valence-electron chi connectivity index (χ3n) is 3.51. The summed E-state index contributed by atoms with van der Waals surface area (Å²) < 4.78 is 15.1. The molecule has 0 aliphatic rings. The molecule has 0 unspecified atom stereocenters. The minimum absolute atomic E-state index is 0.212. The molecule has 1 N–H and O–H groups in total. The predicted molar refractivity (Wildman–Crippen MR) is 79.2 cm³/mol. The highest BCUT2D eigenvalue weighted by atomic mass is 19.1. The lowest BCUT2D eigenvalue weighted by atomic mass is 10.2. The van der Waals surface area contributed by atoms with Crippen LogP contribution in [0.3, 0.4) is 0 Å². The van der Waals surface area contributed by atoms with Crippen molar-refractivity contribution in [1.29, 1.82) is 0 Å². The molecule has 0 bridgehead atoms. The fraction of sp³-hybridized carbons (Fsp3) is 0.188. The highest BCUT2D eigenvalue weighted by Gasteiger charge is 2.07. The highest BCUT2D eigenvalue weighted by molar-refractivity contribution is 5.75. The molecule has 20 heavy (non-hydrogen) atoms. The van der Waals surface area contributed by atoms with Crippen molar-refractivity contribution in [2.75, 3.05) is 5.32 Å². The molecule has 1 aromatic heterocycles. The van der Waals surface area contributed by atoms with Crippen LogP contribution in [0, 0.1) is 12.7 Å². The molecule has 0 spiro atoms. The van der Waals surface area contributed by atoms with Gasteiger partial charge in [0.05, 0.1) is 17.6 Å². The van der Waals surface area contributed by atoms with E-state index in [0.29, 0.717) is 6.54 Å². The fourth-order valence-corrected chi connectivity index (χ4v) is 2.35. The van der Waals surface area contributed by atoms with E-state index in [0.717, 1.165) is 28.1 Å². The van der Waals surface area contributed by atoms with Crippen LogP contribution in [-0.4, -0.2) is 9.55 Å². The summed E-state index contributed by atoms with van der Waals surface area (Å²) in [5.74, 6) is 0.741. The molecule has 1 heterocycles. The number of nitrogens with one attached hydrogen (secondary N) is 1. The smallest absolute Gasteiger partial charge is 0.128 e. The summed E-state index contributed by atoms with van der Waals surface area (Å²) in [6.45, 7) is 2.50. The average molecular weight is 269 g/mol. The number of nitrogens with zero attached hydrogens (tertiary/aromatic N) is 2. The summed E-state index contributed by atoms with van der Waals surface area (Å²) in [6.07, 6.45) is 0. The van der Waals surface area contributed by atoms with Crippen molar-refractivity contribution in [3.63, 3.8) is 0 Å². The van der Waals surface area contributed by atoms with Crippen LogP contribution in [-0.2, 0) is 13.6 Å². The summed E-state index contributed by atoms with van der Waals surface area (Å²) in [5.41, 5.74) is 3.92. The summed E-state index contributed by atoms with van der Waals surface area (Å²) in [7, 11) is 2.00. The maximum atomic E-state index is 13.1. The quantitative estimate of drug-likeness (QED) is 0.786. The van der Waals surface area contributed by atoms with E-state index in [-0.39, 0.29) is 5.82 Å². The van der Waals surface area contributed by atoms with Gasteiger partial charge in [-0.15, -0.1) is 0 Å². The Bertz CT molecular complexity index is 762. The number of rotatable bonds is 3. The van der Waals surface area contributed by atoms with E-state index in [1.807, 2.05) is 32.2 Å². The second-order valence-corrected chi connectivity index (χ2v) is 4.89. The topological polar surface area (TPSA) is 29.9 Å². The van der Waals surface area contributed by atoms with Crippen molar-refractivity contribution in [3.05, 3.63) is 59.7 Å². The van der Waals surface area contributed by atoms with E-state index in [1.54, 1.807) is 6.07 Å². The number of para-hydroxylation sites is 2. The Hall–Kier alpha value is -2.36. The van der Waals surface area contributed by atoms with Crippen LogP contribution >= 0.6 is 0 Å². The first-order valence-electron chi connectivity index (χ1n) is 6.55. The maximum Gasteiger partial charge on any atom is 0.128 e. The minimum Gasteiger partial charge on any atom is -0.378 e. The largest absolute Gasteiger partial charge is 0.378 e. The van der Waals surface area contributed by atoms with Crippen LogP contribution in [0.25, 0.3) is 11.0 Å². The Morgan fingerprint density at radius 2 is 2.00 bits per heavy atom. The number of anilines is 1. The summed E-state index contributed by atoms with van der Waals surface area (Å²) >= 11 is 0. The molecule has 0 saturated heterocycles. The van der Waals surface area contributed by atoms with Gasteiger partial charge < -0.3 is 9.88 Å². The van der Waals surface area contributed by atoms with Gasteiger partial charge in [0.15, 0.2) is 0 Å². The number of imidazole rings is 1. The number of benzene rings is 2. The van der Waals surface area contributed by atoms with E-state index in [2.05, 4.69) is 20.9 Å². The Labute approximate surface area is 117 Å². The number of aryl methyl sites for hydroxylation is 2. The number of halogens is 1. The van der Waals surface area contributed by atoms with Crippen LogP contribution in [0.5, 0.6) is 0 Å². The van der Waals surface area contributed by atoms with Gasteiger partial charge in [-0.25, -0.2) is 9.37 Å². The van der Waals surface area contributed by atoms with Crippen molar-refractivity contribution in [2.24, 2.45) is 7.05 Å². The molecule has 3 rings (SSSR count). The van der Waals surface area contributed by atoms with Gasteiger partial charge in [-0.05, 0) is 42.8 Å². The van der Waals surface area contributed by atoms with E-state index in [4.69, 9.17) is 0 Å². The predicted octanol–water partition coefficient (Wildman–Crippen LogP) is 3.63. The molecule has 0 atom stereocenters. The van der Waals surface area contributed by atoms with Gasteiger partial charge in [0.1, 0.15) is 11.6 Å². The molecule has 0 saturated carbocycles. The third-order valence-corrected chi connectivity index (χ3v) is 3.51. The minimum atomic E-state index is -0.212. The molecule has 0 amide bonds. The number of fused-ring (bicyclic) bond motifs is 1. The van der Waals surface area contributed by atoms with Crippen LogP contribution in [0.2, 0.25) is 0 Å². The first-order valence-corrected chi connectivity index (χ1v) is 6.55. The molecule has 0 aliphatic carbocycles. The van der Waals surface area contributed by atoms with E-state index < -0.39 is 0 Å². The maximum absolute atomic E-state index is 13.1. The second-order valence-electron chi connectivity index (χ2n) is 4.89. The summed E-state index contributed by atoms with van der Waals surface area (Å²) in [5, 5.41) is 3.31. The third kappa shape index (κ3) is 2.25. The van der Waals surface area contributed by atoms with Gasteiger partial charge in [-0.2, -0.15) is 0 Å². The van der Waals surface area contributed by atoms with Crippen molar-refractivity contribution < 1.29 is 4.39 Å². The van der Waals surface area contributed by atoms with Crippen LogP contribution in [0.4, 0.5) is 10.1 Å². The van der Waals surface area contributed by atoms with Crippen LogP contribution in [0.15, 0.2) is 42.5 Å². The van der Waals surface area contributed by atoms with Crippen LogP contribution < -0.4 is 5.32 Å². The van der Waals surface area contributed by atoms with Gasteiger partial charge in [-0.3, -0.25) is 0 Å². The zero-order valence-electron chi connectivity index (χ0n) is 11.5. The molecule has 102 valence electrons. The molecular formula is C16H16FN3. The normalized spacial score (nSPS) is 10.9. The van der Waals surface area contributed by atoms with Crippen molar-refractivity contribution >= 4 is 16.7 Å². The van der Waals surface area contributed by atoms with Crippen LogP contribution in [0.1, 0.15) is 11.4 Å². The van der Waals surface area contributed by atoms with Gasteiger partial charge in [0.25, 0.3) is 0 Å². The van der Waals surface area contributed by atoms with Crippen molar-refractivity contribution in [1.82, 2.24) is 9.55 Å². The zero-order chi connectivity index (χ0) is 14.1. The Kier molecular flexibility index (Phi) is 3.14. The Morgan fingerprint density at radius 3 is 2.75 bits per heavy atom. The lowest BCUT2D eigenvalue weighted by Crippen LogP contribution is -2.06. The molecule has 0 aliphatic heterocycles. The lowest BCUT2D eigenvalue weighted by Gasteiger charge is -2.09. The number of aromatic nitrogens is 2. The standard InChI is InChI=1S/C16H16FN3/c1-11-9-12(17)7-8-13(11)18-10-16-19-14-5-3-4-6-15(14)20(16)2/h3-9,18H,10H2,1-2H3. The molecule has 4 heteroatoms. The first kappa shape index (κ1) is 12.7. The molecule has 0 radical (unpaired) electrons. The summed E-state index contributed by atoms with van der Waals surface area (Å²) in [4.78, 5) is 4.60.